The van der Waals surface area contributed by atoms with Gasteiger partial charge in [-0.2, -0.15) is 0 Å². The summed E-state index contributed by atoms with van der Waals surface area (Å²) in [6, 6.07) is 7.00. The molecular formula is C19H28N4O4. The first kappa shape index (κ1) is 20.5. The summed E-state index contributed by atoms with van der Waals surface area (Å²) in [6.07, 6.45) is 1.19. The van der Waals surface area contributed by atoms with Crippen LogP contribution in [0.25, 0.3) is 0 Å². The summed E-state index contributed by atoms with van der Waals surface area (Å²) < 4.78 is 5.88. The number of rotatable bonds is 7. The Morgan fingerprint density at radius 3 is 2.59 bits per heavy atom. The van der Waals surface area contributed by atoms with Crippen molar-refractivity contribution < 1.29 is 19.1 Å². The lowest BCUT2D eigenvalue weighted by Gasteiger charge is -2.36. The van der Waals surface area contributed by atoms with E-state index in [1.54, 1.807) is 0 Å². The van der Waals surface area contributed by atoms with Gasteiger partial charge in [0.1, 0.15) is 5.75 Å². The van der Waals surface area contributed by atoms with Gasteiger partial charge in [0.05, 0.1) is 12.2 Å². The third kappa shape index (κ3) is 5.60. The lowest BCUT2D eigenvalue weighted by Crippen LogP contribution is -2.51. The van der Waals surface area contributed by atoms with Gasteiger partial charge in [-0.3, -0.25) is 14.9 Å². The Hall–Kier alpha value is -2.77. The highest BCUT2D eigenvalue weighted by Gasteiger charge is 2.31. The van der Waals surface area contributed by atoms with Gasteiger partial charge in [-0.15, -0.1) is 0 Å². The summed E-state index contributed by atoms with van der Waals surface area (Å²) in [5.74, 6) is 0.0783. The van der Waals surface area contributed by atoms with Gasteiger partial charge in [0.2, 0.25) is 5.91 Å². The molecule has 1 aromatic carbocycles. The van der Waals surface area contributed by atoms with Gasteiger partial charge in [-0.25, -0.2) is 4.79 Å². The smallest absolute Gasteiger partial charge is 0.321 e. The monoisotopic (exact) mass is 376 g/mol. The van der Waals surface area contributed by atoms with Gasteiger partial charge in [0.25, 0.3) is 5.91 Å². The molecule has 1 atom stereocenters. The van der Waals surface area contributed by atoms with Crippen LogP contribution in [-0.2, 0) is 9.59 Å². The van der Waals surface area contributed by atoms with Crippen LogP contribution in [0.5, 0.6) is 5.75 Å². The fourth-order valence-electron chi connectivity index (χ4n) is 2.93. The molecule has 0 bridgehead atoms. The fraction of sp³-hybridized carbons (Fsp3) is 0.526. The van der Waals surface area contributed by atoms with E-state index in [0.29, 0.717) is 18.8 Å². The number of nitrogens with one attached hydrogen (secondary N) is 3. The topological polar surface area (TPSA) is 99.8 Å². The zero-order valence-corrected chi connectivity index (χ0v) is 16.1. The van der Waals surface area contributed by atoms with E-state index in [0.717, 1.165) is 18.5 Å². The zero-order chi connectivity index (χ0) is 19.8. The molecular weight excluding hydrogens is 348 g/mol. The second-order valence-electron chi connectivity index (χ2n) is 6.42. The predicted octanol–water partition coefficient (Wildman–Crippen LogP) is 1.40. The van der Waals surface area contributed by atoms with Crippen LogP contribution in [0, 0.1) is 0 Å². The highest BCUT2D eigenvalue weighted by molar-refractivity contribution is 5.94. The van der Waals surface area contributed by atoms with Crippen molar-refractivity contribution in [2.24, 2.45) is 0 Å². The maximum Gasteiger partial charge on any atom is 0.321 e. The minimum absolute atomic E-state index is 0.116. The van der Waals surface area contributed by atoms with Crippen LogP contribution in [-0.4, -0.2) is 50.1 Å². The first-order chi connectivity index (χ1) is 13.0. The number of carbonyl (C=O) groups excluding carboxylic acids is 3. The molecule has 1 heterocycles. The second kappa shape index (κ2) is 9.80. The van der Waals surface area contributed by atoms with Crippen LogP contribution in [0.3, 0.4) is 0 Å². The van der Waals surface area contributed by atoms with Crippen molar-refractivity contribution in [3.8, 4) is 5.75 Å². The van der Waals surface area contributed by atoms with Gasteiger partial charge >= 0.3 is 6.03 Å². The highest BCUT2D eigenvalue weighted by atomic mass is 16.5. The number of nitrogens with zero attached hydrogens (tertiary/aromatic N) is 1. The van der Waals surface area contributed by atoms with Gasteiger partial charge in [0, 0.05) is 26.1 Å². The van der Waals surface area contributed by atoms with Gasteiger partial charge in [-0.05, 0) is 25.0 Å². The molecule has 3 N–H and O–H groups in total. The number of hydrogen-bond donors (Lipinski definition) is 3. The maximum atomic E-state index is 12.6. The van der Waals surface area contributed by atoms with E-state index in [1.807, 2.05) is 43.0 Å². The SMILES string of the molecule is CCC(CC)NC(=O)[C@H]1CN(CCC(=O)NC(=O)NC)c2ccccc2O1. The van der Waals surface area contributed by atoms with Crippen LogP contribution in [0.1, 0.15) is 33.1 Å². The summed E-state index contributed by atoms with van der Waals surface area (Å²) in [7, 11) is 1.45. The number of carbonyl (C=O) groups is 3. The molecule has 4 amide bonds. The molecule has 1 aliphatic rings. The minimum Gasteiger partial charge on any atom is -0.477 e. The lowest BCUT2D eigenvalue weighted by molar-refractivity contribution is -0.128. The predicted molar refractivity (Wildman–Crippen MR) is 103 cm³/mol. The van der Waals surface area contributed by atoms with Crippen LogP contribution in [0.4, 0.5) is 10.5 Å². The lowest BCUT2D eigenvalue weighted by atomic mass is 10.1. The summed E-state index contributed by atoms with van der Waals surface area (Å²) in [6.45, 7) is 4.78. The molecule has 2 rings (SSSR count). The molecule has 0 fully saturated rings. The normalized spacial score (nSPS) is 15.6. The van der Waals surface area contributed by atoms with E-state index in [1.165, 1.54) is 7.05 Å². The van der Waals surface area contributed by atoms with Crippen LogP contribution in [0.2, 0.25) is 0 Å². The molecule has 0 aromatic heterocycles. The van der Waals surface area contributed by atoms with Crippen molar-refractivity contribution >= 4 is 23.5 Å². The van der Waals surface area contributed by atoms with Crippen molar-refractivity contribution in [1.29, 1.82) is 0 Å². The summed E-state index contributed by atoms with van der Waals surface area (Å²) in [4.78, 5) is 37.7. The van der Waals surface area contributed by atoms with Crippen LogP contribution < -0.4 is 25.6 Å². The molecule has 27 heavy (non-hydrogen) atoms. The van der Waals surface area contributed by atoms with E-state index in [2.05, 4.69) is 16.0 Å². The summed E-state index contributed by atoms with van der Waals surface area (Å²) in [5.41, 5.74) is 0.830. The number of ether oxygens (including phenoxy) is 1. The molecule has 1 aromatic rings. The zero-order valence-electron chi connectivity index (χ0n) is 16.1. The van der Waals surface area contributed by atoms with E-state index in [9.17, 15) is 14.4 Å². The molecule has 0 saturated carbocycles. The quantitative estimate of drug-likeness (QED) is 0.668. The van der Waals surface area contributed by atoms with E-state index >= 15 is 0 Å². The van der Waals surface area contributed by atoms with Crippen molar-refractivity contribution in [1.82, 2.24) is 16.0 Å². The van der Waals surface area contributed by atoms with Crippen LogP contribution in [0.15, 0.2) is 24.3 Å². The van der Waals surface area contributed by atoms with Crippen molar-refractivity contribution in [3.63, 3.8) is 0 Å². The average molecular weight is 376 g/mol. The van der Waals surface area contributed by atoms with E-state index in [-0.39, 0.29) is 24.3 Å². The molecule has 0 radical (unpaired) electrons. The van der Waals surface area contributed by atoms with Gasteiger partial charge < -0.3 is 20.3 Å². The Morgan fingerprint density at radius 2 is 1.93 bits per heavy atom. The Balaban J connectivity index is 2.06. The minimum atomic E-state index is -0.650. The molecule has 0 aliphatic carbocycles. The van der Waals surface area contributed by atoms with Crippen molar-refractivity contribution in [2.75, 3.05) is 25.0 Å². The largest absolute Gasteiger partial charge is 0.477 e. The number of hydrogen-bond acceptors (Lipinski definition) is 5. The third-order valence-corrected chi connectivity index (χ3v) is 4.57. The Labute approximate surface area is 159 Å². The van der Waals surface area contributed by atoms with E-state index in [4.69, 9.17) is 4.74 Å². The standard InChI is InChI=1S/C19H28N4O4/c1-4-13(5-2)21-18(25)16-12-23(11-10-17(24)22-19(26)20-3)14-8-6-7-9-15(14)27-16/h6-9,13,16H,4-5,10-12H2,1-3H3,(H,21,25)(H2,20,22,24,26)/t16-/m1/s1. The molecule has 8 nitrogen and oxygen atoms in total. The number of anilines is 1. The number of para-hydroxylation sites is 2. The number of fused-ring (bicyclic) bond motifs is 1. The molecule has 1 aliphatic heterocycles. The molecule has 0 unspecified atom stereocenters. The highest BCUT2D eigenvalue weighted by Crippen LogP contribution is 2.33. The number of benzene rings is 1. The number of imide groups is 1. The van der Waals surface area contributed by atoms with Crippen molar-refractivity contribution in [2.45, 2.75) is 45.3 Å². The van der Waals surface area contributed by atoms with Crippen LogP contribution >= 0.6 is 0 Å². The maximum absolute atomic E-state index is 12.6. The Bertz CT molecular complexity index is 675. The molecule has 0 saturated heterocycles. The van der Waals surface area contributed by atoms with Gasteiger partial charge in [-0.1, -0.05) is 26.0 Å². The Morgan fingerprint density at radius 1 is 1.22 bits per heavy atom. The van der Waals surface area contributed by atoms with Crippen molar-refractivity contribution in [3.05, 3.63) is 24.3 Å². The first-order valence-corrected chi connectivity index (χ1v) is 9.31. The summed E-state index contributed by atoms with van der Waals surface area (Å²) >= 11 is 0. The first-order valence-electron chi connectivity index (χ1n) is 9.31. The Kier molecular flexibility index (Phi) is 7.45. The summed E-state index contributed by atoms with van der Waals surface area (Å²) in [5, 5.41) is 7.60. The number of amides is 4. The average Bonchev–Trinajstić information content (AvgIpc) is 2.69. The molecule has 0 spiro atoms. The number of urea groups is 1. The third-order valence-electron chi connectivity index (χ3n) is 4.57. The van der Waals surface area contributed by atoms with E-state index < -0.39 is 12.1 Å². The molecule has 8 heteroatoms. The second-order valence-corrected chi connectivity index (χ2v) is 6.42. The van der Waals surface area contributed by atoms with Gasteiger partial charge in [0.15, 0.2) is 6.10 Å². The molecule has 148 valence electrons. The fourth-order valence-corrected chi connectivity index (χ4v) is 2.93.